The molecule has 0 aromatic rings. The van der Waals surface area contributed by atoms with E-state index in [4.69, 9.17) is 4.74 Å². The second-order valence-electron chi connectivity index (χ2n) is 4.21. The summed E-state index contributed by atoms with van der Waals surface area (Å²) in [5, 5.41) is 0. The lowest BCUT2D eigenvalue weighted by Gasteiger charge is -2.10. The Hall–Kier alpha value is -1.12. The van der Waals surface area contributed by atoms with Crippen LogP contribution in [0.15, 0.2) is 12.2 Å². The lowest BCUT2D eigenvalue weighted by Crippen LogP contribution is -2.28. The molecule has 0 amide bonds. The molecule has 15 heavy (non-hydrogen) atoms. The lowest BCUT2D eigenvalue weighted by atomic mass is 9.98. The van der Waals surface area contributed by atoms with Gasteiger partial charge in [0.05, 0.1) is 6.61 Å². The molecule has 0 aromatic carbocycles. The van der Waals surface area contributed by atoms with Gasteiger partial charge < -0.3 is 4.74 Å². The number of allylic oxidation sites excluding steroid dienone is 2. The molecular formula is C12H16O3. The highest BCUT2D eigenvalue weighted by molar-refractivity contribution is 6.10. The van der Waals surface area contributed by atoms with E-state index in [0.717, 1.165) is 6.42 Å². The van der Waals surface area contributed by atoms with Crippen molar-refractivity contribution < 1.29 is 14.3 Å². The molecule has 2 aliphatic carbocycles. The van der Waals surface area contributed by atoms with E-state index in [1.807, 2.05) is 19.1 Å². The summed E-state index contributed by atoms with van der Waals surface area (Å²) in [5.74, 6) is 0.0812. The zero-order chi connectivity index (χ0) is 11.1. The summed E-state index contributed by atoms with van der Waals surface area (Å²) in [6.07, 6.45) is 5.26. The van der Waals surface area contributed by atoms with E-state index >= 15 is 0 Å². The van der Waals surface area contributed by atoms with Crippen LogP contribution in [-0.2, 0) is 14.3 Å². The lowest BCUT2D eigenvalue weighted by molar-refractivity contribution is -0.153. The van der Waals surface area contributed by atoms with Crippen molar-refractivity contribution in [2.75, 3.05) is 6.61 Å². The largest absolute Gasteiger partial charge is 0.465 e. The number of rotatable bonds is 3. The second kappa shape index (κ2) is 3.47. The molecule has 3 heteroatoms. The predicted octanol–water partition coefficient (Wildman–Crippen LogP) is 1.72. The van der Waals surface area contributed by atoms with Gasteiger partial charge in [0.25, 0.3) is 0 Å². The topological polar surface area (TPSA) is 43.4 Å². The third kappa shape index (κ3) is 1.18. The Morgan fingerprint density at radius 3 is 3.00 bits per heavy atom. The van der Waals surface area contributed by atoms with Gasteiger partial charge in [-0.25, -0.2) is 0 Å². The molecule has 0 radical (unpaired) electrons. The van der Waals surface area contributed by atoms with Crippen molar-refractivity contribution in [2.24, 2.45) is 17.3 Å². The monoisotopic (exact) mass is 208 g/mol. The SMILES string of the molecule is CC=CC1[C@H]2CCC(=O)[C@]12C(=O)OCC. The molecule has 0 heterocycles. The molecule has 0 saturated heterocycles. The van der Waals surface area contributed by atoms with Crippen LogP contribution < -0.4 is 0 Å². The fourth-order valence-electron chi connectivity index (χ4n) is 2.93. The zero-order valence-electron chi connectivity index (χ0n) is 9.16. The van der Waals surface area contributed by atoms with Crippen LogP contribution in [0.2, 0.25) is 0 Å². The van der Waals surface area contributed by atoms with Crippen LogP contribution in [0.4, 0.5) is 0 Å². The smallest absolute Gasteiger partial charge is 0.320 e. The molecule has 1 unspecified atom stereocenters. The number of hydrogen-bond donors (Lipinski definition) is 0. The second-order valence-corrected chi connectivity index (χ2v) is 4.21. The molecule has 82 valence electrons. The molecule has 0 aromatic heterocycles. The highest BCUT2D eigenvalue weighted by Gasteiger charge is 2.76. The number of carbonyl (C=O) groups is 2. The van der Waals surface area contributed by atoms with Gasteiger partial charge in [-0.3, -0.25) is 9.59 Å². The van der Waals surface area contributed by atoms with Gasteiger partial charge in [0.15, 0.2) is 5.78 Å². The molecule has 2 rings (SSSR count). The van der Waals surface area contributed by atoms with Crippen LogP contribution in [0.5, 0.6) is 0 Å². The Morgan fingerprint density at radius 2 is 2.40 bits per heavy atom. The molecule has 2 saturated carbocycles. The summed E-state index contributed by atoms with van der Waals surface area (Å²) in [5.41, 5.74) is -0.789. The summed E-state index contributed by atoms with van der Waals surface area (Å²) in [6.45, 7) is 4.04. The number of ketones is 1. The standard InChI is InChI=1S/C12H16O3/c1-3-5-8-9-6-7-10(13)12(8,9)11(14)15-4-2/h3,5,8-9H,4,6-7H2,1-2H3/t8?,9-,12+/m1/s1. The van der Waals surface area contributed by atoms with Crippen LogP contribution >= 0.6 is 0 Å². The van der Waals surface area contributed by atoms with E-state index in [0.29, 0.717) is 13.0 Å². The van der Waals surface area contributed by atoms with Crippen molar-refractivity contribution >= 4 is 11.8 Å². The summed E-state index contributed by atoms with van der Waals surface area (Å²) in [4.78, 5) is 23.6. The highest BCUT2D eigenvalue weighted by atomic mass is 16.5. The third-order valence-corrected chi connectivity index (χ3v) is 3.59. The summed E-state index contributed by atoms with van der Waals surface area (Å²) < 4.78 is 5.02. The minimum absolute atomic E-state index is 0.0778. The minimum atomic E-state index is -0.789. The molecule has 0 spiro atoms. The Kier molecular flexibility index (Phi) is 2.41. The van der Waals surface area contributed by atoms with Gasteiger partial charge in [0.1, 0.15) is 5.41 Å². The van der Waals surface area contributed by atoms with Gasteiger partial charge in [0.2, 0.25) is 0 Å². The van der Waals surface area contributed by atoms with E-state index < -0.39 is 5.41 Å². The van der Waals surface area contributed by atoms with Gasteiger partial charge in [-0.05, 0) is 26.2 Å². The van der Waals surface area contributed by atoms with Crippen LogP contribution in [0, 0.1) is 17.3 Å². The molecule has 0 aliphatic heterocycles. The number of hydrogen-bond acceptors (Lipinski definition) is 3. The average Bonchev–Trinajstić information content (AvgIpc) is 2.71. The van der Waals surface area contributed by atoms with E-state index in [1.54, 1.807) is 6.92 Å². The van der Waals surface area contributed by atoms with Crippen molar-refractivity contribution in [1.29, 1.82) is 0 Å². The fraction of sp³-hybridized carbons (Fsp3) is 0.667. The van der Waals surface area contributed by atoms with E-state index in [1.165, 1.54) is 0 Å². The summed E-state index contributed by atoms with van der Waals surface area (Å²) >= 11 is 0. The van der Waals surface area contributed by atoms with Crippen molar-refractivity contribution in [3.05, 3.63) is 12.2 Å². The first-order valence-electron chi connectivity index (χ1n) is 5.52. The predicted molar refractivity (Wildman–Crippen MR) is 55.1 cm³/mol. The minimum Gasteiger partial charge on any atom is -0.465 e. The van der Waals surface area contributed by atoms with Crippen molar-refractivity contribution in [3.63, 3.8) is 0 Å². The van der Waals surface area contributed by atoms with E-state index in [-0.39, 0.29) is 23.6 Å². The Morgan fingerprint density at radius 1 is 1.67 bits per heavy atom. The first kappa shape index (κ1) is 10.4. The highest BCUT2D eigenvalue weighted by Crippen LogP contribution is 2.67. The molecule has 3 atom stereocenters. The summed E-state index contributed by atoms with van der Waals surface area (Å²) in [6, 6.07) is 0. The van der Waals surface area contributed by atoms with Crippen molar-refractivity contribution in [3.8, 4) is 0 Å². The van der Waals surface area contributed by atoms with E-state index in [2.05, 4.69) is 0 Å². The maximum absolute atomic E-state index is 11.8. The van der Waals surface area contributed by atoms with E-state index in [9.17, 15) is 9.59 Å². The first-order chi connectivity index (χ1) is 7.19. The maximum atomic E-state index is 11.8. The van der Waals surface area contributed by atoms with Gasteiger partial charge in [-0.2, -0.15) is 0 Å². The quantitative estimate of drug-likeness (QED) is 0.403. The van der Waals surface area contributed by atoms with Gasteiger partial charge in [0, 0.05) is 12.3 Å². The van der Waals surface area contributed by atoms with Crippen LogP contribution in [-0.4, -0.2) is 18.4 Å². The number of fused-ring (bicyclic) bond motifs is 1. The maximum Gasteiger partial charge on any atom is 0.320 e. The Labute approximate surface area is 89.5 Å². The molecule has 3 nitrogen and oxygen atoms in total. The van der Waals surface area contributed by atoms with Crippen LogP contribution in [0.3, 0.4) is 0 Å². The molecule has 2 aliphatic rings. The number of ether oxygens (including phenoxy) is 1. The van der Waals surface area contributed by atoms with Gasteiger partial charge in [-0.15, -0.1) is 0 Å². The summed E-state index contributed by atoms with van der Waals surface area (Å²) in [7, 11) is 0. The van der Waals surface area contributed by atoms with Crippen LogP contribution in [0.1, 0.15) is 26.7 Å². The molecular weight excluding hydrogens is 192 g/mol. The number of Topliss-reactive ketones (excluding diaryl/α,β-unsaturated/α-hetero) is 1. The zero-order valence-corrected chi connectivity index (χ0v) is 9.16. The average molecular weight is 208 g/mol. The molecule has 0 bridgehead atoms. The Bertz CT molecular complexity index is 332. The normalized spacial score (nSPS) is 38.1. The molecule has 2 fully saturated rings. The molecule has 0 N–H and O–H groups in total. The Balaban J connectivity index is 2.23. The van der Waals surface area contributed by atoms with Gasteiger partial charge in [-0.1, -0.05) is 12.2 Å². The fourth-order valence-corrected chi connectivity index (χ4v) is 2.93. The van der Waals surface area contributed by atoms with Gasteiger partial charge >= 0.3 is 5.97 Å². The number of carbonyl (C=O) groups excluding carboxylic acids is 2. The van der Waals surface area contributed by atoms with Crippen molar-refractivity contribution in [2.45, 2.75) is 26.7 Å². The van der Waals surface area contributed by atoms with Crippen LogP contribution in [0.25, 0.3) is 0 Å². The third-order valence-electron chi connectivity index (χ3n) is 3.59. The van der Waals surface area contributed by atoms with Crippen molar-refractivity contribution in [1.82, 2.24) is 0 Å². The first-order valence-corrected chi connectivity index (χ1v) is 5.52. The number of esters is 1.